The van der Waals surface area contributed by atoms with Crippen LogP contribution >= 0.6 is 11.8 Å². The van der Waals surface area contributed by atoms with Crippen molar-refractivity contribution in [2.24, 2.45) is 0 Å². The maximum atomic E-state index is 12.2. The number of hydrogen-bond acceptors (Lipinski definition) is 6. The lowest BCUT2D eigenvalue weighted by molar-refractivity contribution is -0.118. The summed E-state index contributed by atoms with van der Waals surface area (Å²) in [5.74, 6) is 1.45. The smallest absolute Gasteiger partial charge is 0.230 e. The van der Waals surface area contributed by atoms with Crippen molar-refractivity contribution >= 4 is 17.7 Å². The molecule has 0 radical (unpaired) electrons. The third-order valence-corrected chi connectivity index (χ3v) is 4.76. The largest absolute Gasteiger partial charge is 0.493 e. The molecular weight excluding hydrogens is 364 g/mol. The summed E-state index contributed by atoms with van der Waals surface area (Å²) in [5, 5.41) is 11.6. The summed E-state index contributed by atoms with van der Waals surface area (Å²) in [4.78, 5) is 12.2. The summed E-state index contributed by atoms with van der Waals surface area (Å²) in [5.41, 5.74) is 1.88. The SMILES string of the molecule is COc1ccc(CNC(=O)CSc2nncn2-c2ccccc2)cc1OC. The van der Waals surface area contributed by atoms with Gasteiger partial charge in [0.05, 0.1) is 20.0 Å². The predicted molar refractivity (Wildman–Crippen MR) is 103 cm³/mol. The second kappa shape index (κ2) is 9.09. The number of hydrogen-bond donors (Lipinski definition) is 1. The number of carbonyl (C=O) groups excluding carboxylic acids is 1. The topological polar surface area (TPSA) is 78.3 Å². The predicted octanol–water partition coefficient (Wildman–Crippen LogP) is 2.69. The molecule has 0 saturated heterocycles. The molecule has 1 heterocycles. The molecule has 0 fully saturated rings. The van der Waals surface area contributed by atoms with Crippen LogP contribution in [0.4, 0.5) is 0 Å². The van der Waals surface area contributed by atoms with Gasteiger partial charge in [0, 0.05) is 12.2 Å². The Balaban J connectivity index is 1.55. The van der Waals surface area contributed by atoms with E-state index in [1.54, 1.807) is 20.5 Å². The first-order chi connectivity index (χ1) is 13.2. The van der Waals surface area contributed by atoms with Crippen molar-refractivity contribution < 1.29 is 14.3 Å². The average molecular weight is 384 g/mol. The lowest BCUT2D eigenvalue weighted by Crippen LogP contribution is -2.24. The molecule has 0 aliphatic rings. The number of para-hydroxylation sites is 1. The molecule has 3 rings (SSSR count). The van der Waals surface area contributed by atoms with Crippen LogP contribution in [0.25, 0.3) is 5.69 Å². The molecule has 8 heteroatoms. The Morgan fingerprint density at radius 2 is 1.89 bits per heavy atom. The Labute approximate surface area is 161 Å². The lowest BCUT2D eigenvalue weighted by atomic mass is 10.2. The number of ether oxygens (including phenoxy) is 2. The van der Waals surface area contributed by atoms with E-state index in [0.29, 0.717) is 23.2 Å². The van der Waals surface area contributed by atoms with E-state index in [1.807, 2.05) is 53.1 Å². The Morgan fingerprint density at radius 3 is 2.63 bits per heavy atom. The number of amides is 1. The van der Waals surface area contributed by atoms with Gasteiger partial charge in [-0.3, -0.25) is 9.36 Å². The van der Waals surface area contributed by atoms with Crippen molar-refractivity contribution in [3.8, 4) is 17.2 Å². The fraction of sp³-hybridized carbons (Fsp3) is 0.211. The average Bonchev–Trinajstić information content (AvgIpc) is 3.19. The molecule has 1 aromatic heterocycles. The summed E-state index contributed by atoms with van der Waals surface area (Å²) in [6, 6.07) is 15.3. The highest BCUT2D eigenvalue weighted by Crippen LogP contribution is 2.27. The molecule has 0 saturated carbocycles. The van der Waals surface area contributed by atoms with E-state index in [1.165, 1.54) is 11.8 Å². The highest BCUT2D eigenvalue weighted by Gasteiger charge is 2.10. The first-order valence-corrected chi connectivity index (χ1v) is 9.25. The molecule has 1 N–H and O–H groups in total. The monoisotopic (exact) mass is 384 g/mol. The number of nitrogens with one attached hydrogen (secondary N) is 1. The molecule has 1 amide bonds. The molecule has 27 heavy (non-hydrogen) atoms. The maximum Gasteiger partial charge on any atom is 0.230 e. The molecule has 0 spiro atoms. The van der Waals surface area contributed by atoms with Gasteiger partial charge in [-0.05, 0) is 29.8 Å². The van der Waals surface area contributed by atoms with Gasteiger partial charge in [-0.2, -0.15) is 0 Å². The summed E-state index contributed by atoms with van der Waals surface area (Å²) in [6.07, 6.45) is 1.64. The van der Waals surface area contributed by atoms with E-state index < -0.39 is 0 Å². The summed E-state index contributed by atoms with van der Waals surface area (Å²) >= 11 is 1.34. The van der Waals surface area contributed by atoms with Crippen LogP contribution in [0, 0.1) is 0 Å². The van der Waals surface area contributed by atoms with Crippen LogP contribution in [-0.2, 0) is 11.3 Å². The molecule has 0 aliphatic heterocycles. The van der Waals surface area contributed by atoms with Crippen molar-refractivity contribution in [1.29, 1.82) is 0 Å². The van der Waals surface area contributed by atoms with E-state index in [4.69, 9.17) is 9.47 Å². The minimum absolute atomic E-state index is 0.0857. The van der Waals surface area contributed by atoms with Crippen molar-refractivity contribution in [3.63, 3.8) is 0 Å². The lowest BCUT2D eigenvalue weighted by Gasteiger charge is -2.10. The van der Waals surface area contributed by atoms with Crippen molar-refractivity contribution in [3.05, 3.63) is 60.4 Å². The molecule has 140 valence electrons. The standard InChI is InChI=1S/C19H20N4O3S/c1-25-16-9-8-14(10-17(16)26-2)11-20-18(24)12-27-19-22-21-13-23(19)15-6-4-3-5-7-15/h3-10,13H,11-12H2,1-2H3,(H,20,24). The number of thioether (sulfide) groups is 1. The third-order valence-electron chi connectivity index (χ3n) is 3.82. The fourth-order valence-corrected chi connectivity index (χ4v) is 3.22. The number of nitrogens with zero attached hydrogens (tertiary/aromatic N) is 3. The van der Waals surface area contributed by atoms with Gasteiger partial charge in [0.15, 0.2) is 16.7 Å². The van der Waals surface area contributed by atoms with Crippen LogP contribution in [0.1, 0.15) is 5.56 Å². The summed E-state index contributed by atoms with van der Waals surface area (Å²) < 4.78 is 12.3. The van der Waals surface area contributed by atoms with Crippen LogP contribution in [0.2, 0.25) is 0 Å². The molecule has 2 aromatic carbocycles. The van der Waals surface area contributed by atoms with E-state index in [0.717, 1.165) is 11.3 Å². The van der Waals surface area contributed by atoms with E-state index >= 15 is 0 Å². The number of carbonyl (C=O) groups is 1. The minimum atomic E-state index is -0.0857. The third kappa shape index (κ3) is 4.79. The summed E-state index contributed by atoms with van der Waals surface area (Å²) in [6.45, 7) is 0.408. The van der Waals surface area contributed by atoms with Crippen LogP contribution in [0.3, 0.4) is 0 Å². The highest BCUT2D eigenvalue weighted by atomic mass is 32.2. The van der Waals surface area contributed by atoms with Gasteiger partial charge in [0.25, 0.3) is 0 Å². The van der Waals surface area contributed by atoms with Gasteiger partial charge >= 0.3 is 0 Å². The quantitative estimate of drug-likeness (QED) is 0.602. The molecule has 0 bridgehead atoms. The van der Waals surface area contributed by atoms with Crippen LogP contribution in [-0.4, -0.2) is 40.6 Å². The zero-order valence-corrected chi connectivity index (χ0v) is 15.9. The van der Waals surface area contributed by atoms with E-state index in [2.05, 4.69) is 15.5 Å². The van der Waals surface area contributed by atoms with Gasteiger partial charge in [-0.1, -0.05) is 36.0 Å². The molecule has 0 atom stereocenters. The maximum absolute atomic E-state index is 12.2. The highest BCUT2D eigenvalue weighted by molar-refractivity contribution is 7.99. The molecule has 0 aliphatic carbocycles. The van der Waals surface area contributed by atoms with E-state index in [-0.39, 0.29) is 11.7 Å². The number of benzene rings is 2. The van der Waals surface area contributed by atoms with E-state index in [9.17, 15) is 4.79 Å². The Bertz CT molecular complexity index is 899. The van der Waals surface area contributed by atoms with Gasteiger partial charge in [-0.15, -0.1) is 10.2 Å². The van der Waals surface area contributed by atoms with Gasteiger partial charge in [-0.25, -0.2) is 0 Å². The van der Waals surface area contributed by atoms with Crippen molar-refractivity contribution in [2.75, 3.05) is 20.0 Å². The first-order valence-electron chi connectivity index (χ1n) is 8.27. The fourth-order valence-electron chi connectivity index (χ4n) is 2.46. The first kappa shape index (κ1) is 18.8. The summed E-state index contributed by atoms with van der Waals surface area (Å²) in [7, 11) is 3.17. The second-order valence-corrected chi connectivity index (χ2v) is 6.52. The number of rotatable bonds is 8. The molecule has 3 aromatic rings. The van der Waals surface area contributed by atoms with Crippen LogP contribution < -0.4 is 14.8 Å². The minimum Gasteiger partial charge on any atom is -0.493 e. The Morgan fingerprint density at radius 1 is 1.11 bits per heavy atom. The normalized spacial score (nSPS) is 10.4. The number of aromatic nitrogens is 3. The second-order valence-electron chi connectivity index (χ2n) is 5.57. The van der Waals surface area contributed by atoms with Gasteiger partial charge in [0.2, 0.25) is 5.91 Å². The van der Waals surface area contributed by atoms with Crippen molar-refractivity contribution in [2.45, 2.75) is 11.7 Å². The molecular formula is C19H20N4O3S. The van der Waals surface area contributed by atoms with Gasteiger partial charge < -0.3 is 14.8 Å². The van der Waals surface area contributed by atoms with Gasteiger partial charge in [0.1, 0.15) is 6.33 Å². The van der Waals surface area contributed by atoms with Crippen molar-refractivity contribution in [1.82, 2.24) is 20.1 Å². The Kier molecular flexibility index (Phi) is 6.32. The number of methoxy groups -OCH3 is 2. The molecule has 0 unspecified atom stereocenters. The Hall–Kier alpha value is -3.00. The van der Waals surface area contributed by atoms with Crippen LogP contribution in [0.15, 0.2) is 60.0 Å². The zero-order valence-electron chi connectivity index (χ0n) is 15.1. The zero-order chi connectivity index (χ0) is 19.1. The van der Waals surface area contributed by atoms with Crippen LogP contribution in [0.5, 0.6) is 11.5 Å². The molecule has 7 nitrogen and oxygen atoms in total.